The number of amides is 1. The molecule has 0 bridgehead atoms. The molecular formula is C12H17N3O4S. The average Bonchev–Trinajstić information content (AvgIpc) is 2.75. The highest BCUT2D eigenvalue weighted by atomic mass is 32.2. The van der Waals surface area contributed by atoms with Crippen molar-refractivity contribution in [2.24, 2.45) is 0 Å². The van der Waals surface area contributed by atoms with Gasteiger partial charge in [-0.15, -0.1) is 0 Å². The molecule has 7 nitrogen and oxygen atoms in total. The van der Waals surface area contributed by atoms with Crippen LogP contribution in [0.4, 0.5) is 0 Å². The monoisotopic (exact) mass is 299 g/mol. The van der Waals surface area contributed by atoms with Crippen molar-refractivity contribution >= 4 is 15.7 Å². The predicted octanol–water partition coefficient (Wildman–Crippen LogP) is -0.191. The molecule has 0 aromatic carbocycles. The van der Waals surface area contributed by atoms with Crippen LogP contribution in [0, 0.1) is 6.92 Å². The molecule has 0 spiro atoms. The van der Waals surface area contributed by atoms with E-state index in [1.807, 2.05) is 0 Å². The van der Waals surface area contributed by atoms with Gasteiger partial charge in [0.15, 0.2) is 16.4 Å². The van der Waals surface area contributed by atoms with Gasteiger partial charge in [-0.25, -0.2) is 18.4 Å². The summed E-state index contributed by atoms with van der Waals surface area (Å²) in [6, 6.07) is 1.37. The highest BCUT2D eigenvalue weighted by Gasteiger charge is 2.32. The first-order valence-electron chi connectivity index (χ1n) is 6.25. The first-order chi connectivity index (χ1) is 9.37. The molecule has 1 atom stereocenters. The lowest BCUT2D eigenvalue weighted by molar-refractivity contribution is -0.133. The Morgan fingerprint density at radius 1 is 1.50 bits per heavy atom. The molecule has 1 aromatic heterocycles. The van der Waals surface area contributed by atoms with Crippen LogP contribution in [0.15, 0.2) is 12.4 Å². The fourth-order valence-corrected chi connectivity index (χ4v) is 3.81. The Bertz CT molecular complexity index is 602. The van der Waals surface area contributed by atoms with E-state index in [0.717, 1.165) is 5.69 Å². The summed E-state index contributed by atoms with van der Waals surface area (Å²) in [4.78, 5) is 21.2. The van der Waals surface area contributed by atoms with E-state index in [1.54, 1.807) is 20.0 Å². The Morgan fingerprint density at radius 2 is 2.25 bits per heavy atom. The Morgan fingerprint density at radius 3 is 2.85 bits per heavy atom. The first-order valence-corrected chi connectivity index (χ1v) is 8.07. The number of carbonyl (C=O) groups is 1. The summed E-state index contributed by atoms with van der Waals surface area (Å²) in [6.07, 6.45) is 1.85. The van der Waals surface area contributed by atoms with Crippen LogP contribution < -0.4 is 4.74 Å². The van der Waals surface area contributed by atoms with E-state index < -0.39 is 9.84 Å². The zero-order chi connectivity index (χ0) is 14.8. The molecule has 20 heavy (non-hydrogen) atoms. The minimum absolute atomic E-state index is 0.0296. The minimum atomic E-state index is -3.00. The maximum Gasteiger partial charge on any atom is 0.260 e. The molecule has 0 saturated carbocycles. The van der Waals surface area contributed by atoms with Gasteiger partial charge in [0, 0.05) is 24.8 Å². The summed E-state index contributed by atoms with van der Waals surface area (Å²) >= 11 is 0. The van der Waals surface area contributed by atoms with Gasteiger partial charge in [0.05, 0.1) is 11.5 Å². The molecule has 1 unspecified atom stereocenters. The van der Waals surface area contributed by atoms with Gasteiger partial charge in [-0.3, -0.25) is 4.79 Å². The third-order valence-corrected chi connectivity index (χ3v) is 5.02. The summed E-state index contributed by atoms with van der Waals surface area (Å²) in [7, 11) is -1.40. The van der Waals surface area contributed by atoms with Crippen LogP contribution in [0.25, 0.3) is 0 Å². The topological polar surface area (TPSA) is 89.5 Å². The molecule has 2 heterocycles. The van der Waals surface area contributed by atoms with Crippen LogP contribution in [-0.4, -0.2) is 60.4 Å². The lowest BCUT2D eigenvalue weighted by Gasteiger charge is -2.23. The van der Waals surface area contributed by atoms with Crippen molar-refractivity contribution in [3.63, 3.8) is 0 Å². The molecule has 2 rings (SSSR count). The fourth-order valence-electron chi connectivity index (χ4n) is 2.03. The zero-order valence-electron chi connectivity index (χ0n) is 11.4. The van der Waals surface area contributed by atoms with Crippen LogP contribution >= 0.6 is 0 Å². The highest BCUT2D eigenvalue weighted by Crippen LogP contribution is 2.16. The maximum atomic E-state index is 12.0. The molecule has 1 aliphatic rings. The van der Waals surface area contributed by atoms with E-state index in [2.05, 4.69) is 9.97 Å². The fraction of sp³-hybridized carbons (Fsp3) is 0.583. The summed E-state index contributed by atoms with van der Waals surface area (Å²) in [5.41, 5.74) is 0.748. The highest BCUT2D eigenvalue weighted by molar-refractivity contribution is 7.91. The van der Waals surface area contributed by atoms with Gasteiger partial charge in [-0.05, 0) is 13.3 Å². The van der Waals surface area contributed by atoms with Crippen molar-refractivity contribution in [3.8, 4) is 5.88 Å². The number of aryl methyl sites for hydroxylation is 1. The predicted molar refractivity (Wildman–Crippen MR) is 72.1 cm³/mol. The SMILES string of the molecule is Cc1cc(OCC(=O)N(C)C2CCS(=O)(=O)C2)ncn1. The number of likely N-dealkylation sites (N-methyl/N-ethyl adjacent to an activating group) is 1. The van der Waals surface area contributed by atoms with Crippen molar-refractivity contribution in [2.75, 3.05) is 25.2 Å². The summed E-state index contributed by atoms with van der Waals surface area (Å²) < 4.78 is 28.1. The number of hydrogen-bond donors (Lipinski definition) is 0. The van der Waals surface area contributed by atoms with Gasteiger partial charge in [0.2, 0.25) is 5.88 Å². The number of carbonyl (C=O) groups excluding carboxylic acids is 1. The van der Waals surface area contributed by atoms with E-state index in [4.69, 9.17) is 4.74 Å². The molecule has 0 radical (unpaired) electrons. The molecule has 0 N–H and O–H groups in total. The molecule has 1 saturated heterocycles. The van der Waals surface area contributed by atoms with Gasteiger partial charge in [0.1, 0.15) is 6.33 Å². The summed E-state index contributed by atoms with van der Waals surface area (Å²) in [5, 5.41) is 0. The average molecular weight is 299 g/mol. The van der Waals surface area contributed by atoms with Gasteiger partial charge >= 0.3 is 0 Å². The Kier molecular flexibility index (Phi) is 4.22. The van der Waals surface area contributed by atoms with Gasteiger partial charge < -0.3 is 9.64 Å². The third-order valence-electron chi connectivity index (χ3n) is 3.27. The molecule has 0 aliphatic carbocycles. The molecule has 8 heteroatoms. The van der Waals surface area contributed by atoms with Gasteiger partial charge in [0.25, 0.3) is 5.91 Å². The number of sulfone groups is 1. The van der Waals surface area contributed by atoms with Crippen LogP contribution in [0.5, 0.6) is 5.88 Å². The van der Waals surface area contributed by atoms with E-state index in [1.165, 1.54) is 11.2 Å². The molecule has 110 valence electrons. The molecule has 1 fully saturated rings. The second-order valence-electron chi connectivity index (χ2n) is 4.85. The van der Waals surface area contributed by atoms with Crippen LogP contribution in [0.2, 0.25) is 0 Å². The minimum Gasteiger partial charge on any atom is -0.467 e. The number of aromatic nitrogens is 2. The molecule has 1 aliphatic heterocycles. The second kappa shape index (κ2) is 5.74. The summed E-state index contributed by atoms with van der Waals surface area (Å²) in [6.45, 7) is 1.63. The van der Waals surface area contributed by atoms with Gasteiger partial charge in [-0.1, -0.05) is 0 Å². The van der Waals surface area contributed by atoms with Crippen LogP contribution in [-0.2, 0) is 14.6 Å². The largest absolute Gasteiger partial charge is 0.467 e. The smallest absolute Gasteiger partial charge is 0.260 e. The van der Waals surface area contributed by atoms with Crippen molar-refractivity contribution in [1.29, 1.82) is 0 Å². The van der Waals surface area contributed by atoms with Gasteiger partial charge in [-0.2, -0.15) is 0 Å². The molecular weight excluding hydrogens is 282 g/mol. The Hall–Kier alpha value is -1.70. The molecule has 1 amide bonds. The number of hydrogen-bond acceptors (Lipinski definition) is 6. The summed E-state index contributed by atoms with van der Waals surface area (Å²) in [5.74, 6) is 0.241. The number of nitrogens with zero attached hydrogens (tertiary/aromatic N) is 3. The quantitative estimate of drug-likeness (QED) is 0.765. The van der Waals surface area contributed by atoms with E-state index in [9.17, 15) is 13.2 Å². The number of rotatable bonds is 4. The lowest BCUT2D eigenvalue weighted by atomic mass is 10.2. The third kappa shape index (κ3) is 3.66. The van der Waals surface area contributed by atoms with Crippen molar-refractivity contribution in [3.05, 3.63) is 18.1 Å². The van der Waals surface area contributed by atoms with E-state index in [0.29, 0.717) is 12.3 Å². The van der Waals surface area contributed by atoms with E-state index in [-0.39, 0.29) is 30.1 Å². The van der Waals surface area contributed by atoms with Crippen LogP contribution in [0.3, 0.4) is 0 Å². The Balaban J connectivity index is 1.89. The number of ether oxygens (including phenoxy) is 1. The molecule has 1 aromatic rings. The standard InChI is InChI=1S/C12H17N3O4S/c1-9-5-11(14-8-13-9)19-6-12(16)15(2)10-3-4-20(17,18)7-10/h5,8,10H,3-4,6-7H2,1-2H3. The normalized spacial score (nSPS) is 20.6. The maximum absolute atomic E-state index is 12.0. The lowest BCUT2D eigenvalue weighted by Crippen LogP contribution is -2.40. The van der Waals surface area contributed by atoms with Crippen molar-refractivity contribution in [2.45, 2.75) is 19.4 Å². The van der Waals surface area contributed by atoms with Crippen LogP contribution in [0.1, 0.15) is 12.1 Å². The van der Waals surface area contributed by atoms with Crippen molar-refractivity contribution in [1.82, 2.24) is 14.9 Å². The second-order valence-corrected chi connectivity index (χ2v) is 7.08. The van der Waals surface area contributed by atoms with Crippen molar-refractivity contribution < 1.29 is 17.9 Å². The first kappa shape index (κ1) is 14.7. The zero-order valence-corrected chi connectivity index (χ0v) is 12.3. The van der Waals surface area contributed by atoms with E-state index >= 15 is 0 Å². The Labute approximate surface area is 117 Å².